The number of halogens is 2. The summed E-state index contributed by atoms with van der Waals surface area (Å²) in [5, 5.41) is 26.3. The third-order valence-electron chi connectivity index (χ3n) is 5.30. The molecule has 6 rings (SSSR count). The van der Waals surface area contributed by atoms with Crippen LogP contribution in [0.2, 0.25) is 0 Å². The number of aliphatic hydroxyl groups excluding tert-OH is 2. The molecule has 0 aromatic carbocycles. The van der Waals surface area contributed by atoms with Crippen molar-refractivity contribution in [1.29, 1.82) is 0 Å². The largest absolute Gasteiger partial charge is 0.382 e. The van der Waals surface area contributed by atoms with E-state index in [0.29, 0.717) is 10.5 Å². The molecular weight excluding hydrogens is 648 g/mol. The van der Waals surface area contributed by atoms with E-state index in [-0.39, 0.29) is 0 Å². The lowest BCUT2D eigenvalue weighted by atomic mass is 10.2. The van der Waals surface area contributed by atoms with Crippen LogP contribution in [0.15, 0.2) is 61.0 Å². The van der Waals surface area contributed by atoms with E-state index < -0.39 is 12.2 Å². The highest BCUT2D eigenvalue weighted by molar-refractivity contribution is 9.10. The summed E-state index contributed by atoms with van der Waals surface area (Å²) >= 11 is 17.4. The first-order chi connectivity index (χ1) is 15.5. The van der Waals surface area contributed by atoms with Crippen molar-refractivity contribution in [2.24, 2.45) is 0 Å². The summed E-state index contributed by atoms with van der Waals surface area (Å²) in [5.74, 6) is 0. The van der Waals surface area contributed by atoms with Crippen LogP contribution in [0.5, 0.6) is 0 Å². The van der Waals surface area contributed by atoms with Crippen LogP contribution in [0, 0.1) is 0 Å². The van der Waals surface area contributed by atoms with Crippen molar-refractivity contribution >= 4 is 115 Å². The molecule has 0 radical (unpaired) electrons. The SMILES string of the molecule is OC(C1=CC2SC(c3cc4sc(C(O)c5sccc5Br)cc4s3)=CC2S1)c1sccc1Br. The first kappa shape index (κ1) is 22.6. The highest BCUT2D eigenvalue weighted by Crippen LogP contribution is 2.55. The maximum Gasteiger partial charge on any atom is 0.123 e. The van der Waals surface area contributed by atoms with Crippen molar-refractivity contribution in [3.8, 4) is 0 Å². The molecule has 4 aromatic heterocycles. The van der Waals surface area contributed by atoms with Gasteiger partial charge in [0.1, 0.15) is 12.2 Å². The molecule has 0 aliphatic carbocycles. The Hall–Kier alpha value is 0.120. The molecule has 6 heterocycles. The Labute approximate surface area is 226 Å². The van der Waals surface area contributed by atoms with E-state index in [9.17, 15) is 10.2 Å². The minimum Gasteiger partial charge on any atom is -0.382 e. The van der Waals surface area contributed by atoms with Crippen molar-refractivity contribution in [3.05, 3.63) is 80.5 Å². The zero-order valence-electron chi connectivity index (χ0n) is 16.0. The van der Waals surface area contributed by atoms with Gasteiger partial charge in [0.05, 0.1) is 9.75 Å². The lowest BCUT2D eigenvalue weighted by molar-refractivity contribution is 0.227. The van der Waals surface area contributed by atoms with Gasteiger partial charge in [-0.2, -0.15) is 0 Å². The van der Waals surface area contributed by atoms with Gasteiger partial charge < -0.3 is 10.2 Å². The molecule has 32 heavy (non-hydrogen) atoms. The fourth-order valence-electron chi connectivity index (χ4n) is 3.75. The van der Waals surface area contributed by atoms with Gasteiger partial charge in [0.15, 0.2) is 0 Å². The lowest BCUT2D eigenvalue weighted by Gasteiger charge is -2.11. The first-order valence-electron chi connectivity index (χ1n) is 9.60. The predicted molar refractivity (Wildman–Crippen MR) is 152 cm³/mol. The van der Waals surface area contributed by atoms with Crippen LogP contribution in [-0.2, 0) is 0 Å². The van der Waals surface area contributed by atoms with E-state index in [4.69, 9.17) is 0 Å². The minimum atomic E-state index is -0.577. The number of hydrogen-bond donors (Lipinski definition) is 2. The van der Waals surface area contributed by atoms with Crippen molar-refractivity contribution in [2.45, 2.75) is 22.7 Å². The Morgan fingerprint density at radius 1 is 0.781 bits per heavy atom. The highest BCUT2D eigenvalue weighted by atomic mass is 79.9. The molecule has 0 fully saturated rings. The van der Waals surface area contributed by atoms with Crippen molar-refractivity contribution in [2.75, 3.05) is 0 Å². The molecule has 10 heteroatoms. The molecule has 0 spiro atoms. The fraction of sp³-hybridized carbons (Fsp3) is 0.182. The minimum absolute atomic E-state index is 0.368. The van der Waals surface area contributed by atoms with Gasteiger partial charge >= 0.3 is 0 Å². The van der Waals surface area contributed by atoms with Gasteiger partial charge in [-0.15, -0.1) is 68.9 Å². The average molecular weight is 663 g/mol. The molecule has 2 aliphatic rings. The first-order valence-corrected chi connectivity index (χ1v) is 16.3. The Kier molecular flexibility index (Phi) is 6.32. The normalized spacial score (nSPS) is 22.2. The number of thioether (sulfide) groups is 2. The zero-order chi connectivity index (χ0) is 22.0. The lowest BCUT2D eigenvalue weighted by Crippen LogP contribution is -2.04. The zero-order valence-corrected chi connectivity index (χ0v) is 24.1. The summed E-state index contributed by atoms with van der Waals surface area (Å²) < 4.78 is 4.40. The molecule has 0 bridgehead atoms. The summed E-state index contributed by atoms with van der Waals surface area (Å²) in [4.78, 5) is 6.59. The van der Waals surface area contributed by atoms with Crippen LogP contribution in [-0.4, -0.2) is 20.7 Å². The van der Waals surface area contributed by atoms with Gasteiger partial charge in [0.2, 0.25) is 0 Å². The second-order valence-electron chi connectivity index (χ2n) is 7.32. The standard InChI is InChI=1S/C22H14Br2O2S6/c23-9-1-3-27-21(9)19(25)17-7-15-13(31-17)5-11(29-15)12-6-14-16(30-12)8-18(32-14)20(26)22-10(24)2-4-28-22/h1-8,13,15,19-20,25-26H. The van der Waals surface area contributed by atoms with E-state index >= 15 is 0 Å². The molecule has 164 valence electrons. The number of aliphatic hydroxyl groups is 2. The quantitative estimate of drug-likeness (QED) is 0.224. The van der Waals surface area contributed by atoms with Crippen LogP contribution in [0.4, 0.5) is 0 Å². The van der Waals surface area contributed by atoms with Gasteiger partial charge in [-0.3, -0.25) is 0 Å². The van der Waals surface area contributed by atoms with Gasteiger partial charge in [-0.25, -0.2) is 0 Å². The number of rotatable bonds is 5. The molecule has 2 aliphatic heterocycles. The number of fused-ring (bicyclic) bond motifs is 2. The van der Waals surface area contributed by atoms with E-state index in [1.54, 1.807) is 57.1 Å². The van der Waals surface area contributed by atoms with E-state index in [1.807, 2.05) is 34.7 Å². The van der Waals surface area contributed by atoms with Gasteiger partial charge in [-0.05, 0) is 66.9 Å². The molecule has 4 atom stereocenters. The van der Waals surface area contributed by atoms with Crippen molar-refractivity contribution < 1.29 is 10.2 Å². The molecule has 4 aromatic rings. The third kappa shape index (κ3) is 3.98. The maximum absolute atomic E-state index is 10.8. The van der Waals surface area contributed by atoms with E-state index in [2.05, 4.69) is 56.1 Å². The van der Waals surface area contributed by atoms with Crippen LogP contribution in [0.25, 0.3) is 14.3 Å². The maximum atomic E-state index is 10.8. The van der Waals surface area contributed by atoms with Gasteiger partial charge in [0, 0.05) is 48.4 Å². The predicted octanol–water partition coefficient (Wildman–Crippen LogP) is 8.88. The Bertz CT molecular complexity index is 1340. The van der Waals surface area contributed by atoms with E-state index in [1.165, 1.54) is 19.2 Å². The summed E-state index contributed by atoms with van der Waals surface area (Å²) in [6, 6.07) is 8.36. The fourth-order valence-corrected chi connectivity index (χ4v) is 12.5. The molecule has 2 N–H and O–H groups in total. The molecule has 2 nitrogen and oxygen atoms in total. The van der Waals surface area contributed by atoms with Crippen molar-refractivity contribution in [3.63, 3.8) is 0 Å². The summed E-state index contributed by atoms with van der Waals surface area (Å²) in [6.45, 7) is 0. The number of thiophene rings is 4. The smallest absolute Gasteiger partial charge is 0.123 e. The molecule has 4 unspecified atom stereocenters. The highest BCUT2D eigenvalue weighted by Gasteiger charge is 2.37. The average Bonchev–Trinajstić information content (AvgIpc) is 3.54. The third-order valence-corrected chi connectivity index (χ3v) is 14.5. The van der Waals surface area contributed by atoms with Crippen LogP contribution in [0.3, 0.4) is 0 Å². The van der Waals surface area contributed by atoms with Gasteiger partial charge in [-0.1, -0.05) is 12.2 Å². The van der Waals surface area contributed by atoms with Crippen LogP contribution >= 0.6 is 101 Å². The number of hydrogen-bond acceptors (Lipinski definition) is 8. The Morgan fingerprint density at radius 3 is 2.06 bits per heavy atom. The van der Waals surface area contributed by atoms with E-state index in [0.717, 1.165) is 28.5 Å². The second kappa shape index (κ2) is 8.96. The monoisotopic (exact) mass is 660 g/mol. The molecule has 0 amide bonds. The molecule has 0 saturated carbocycles. The van der Waals surface area contributed by atoms with Crippen LogP contribution in [0.1, 0.15) is 31.7 Å². The van der Waals surface area contributed by atoms with Gasteiger partial charge in [0.25, 0.3) is 0 Å². The molecule has 0 saturated heterocycles. The Morgan fingerprint density at radius 2 is 1.44 bits per heavy atom. The summed E-state index contributed by atoms with van der Waals surface area (Å²) in [5.41, 5.74) is 0. The van der Waals surface area contributed by atoms with Crippen molar-refractivity contribution in [1.82, 2.24) is 0 Å². The van der Waals surface area contributed by atoms with Crippen LogP contribution < -0.4 is 0 Å². The Balaban J connectivity index is 1.19. The summed E-state index contributed by atoms with van der Waals surface area (Å²) in [7, 11) is 0. The second-order valence-corrected chi connectivity index (χ2v) is 15.6. The summed E-state index contributed by atoms with van der Waals surface area (Å²) in [6.07, 6.45) is 3.47. The topological polar surface area (TPSA) is 40.5 Å². The molecular formula is C22H14Br2O2S6.